The maximum absolute atomic E-state index is 12.6. The minimum Gasteiger partial charge on any atom is -0.166 e. The minimum absolute atomic E-state index is 0.0600. The number of thioether (sulfide) groups is 1. The van der Waals surface area contributed by atoms with E-state index in [1.807, 2.05) is 0 Å². The summed E-state index contributed by atoms with van der Waals surface area (Å²) in [6.45, 7) is 0.829. The van der Waals surface area contributed by atoms with E-state index < -0.39 is 29.0 Å². The van der Waals surface area contributed by atoms with Crippen molar-refractivity contribution in [1.82, 2.24) is 0 Å². The molecule has 0 heterocycles. The lowest BCUT2D eigenvalue weighted by Crippen LogP contribution is -2.14. The van der Waals surface area contributed by atoms with E-state index in [-0.39, 0.29) is 4.90 Å². The topological polar surface area (TPSA) is 0 Å². The fraction of sp³-hybridized carbons (Fsp3) is 0.400. The van der Waals surface area contributed by atoms with Crippen LogP contribution < -0.4 is 0 Å². The van der Waals surface area contributed by atoms with Crippen molar-refractivity contribution < 1.29 is 26.3 Å². The van der Waals surface area contributed by atoms with Crippen molar-refractivity contribution in [2.24, 2.45) is 0 Å². The molecule has 1 aromatic rings. The lowest BCUT2D eigenvalue weighted by molar-refractivity contribution is -0.144. The van der Waals surface area contributed by atoms with Gasteiger partial charge in [0.1, 0.15) is 0 Å². The number of alkyl halides is 6. The average molecular weight is 274 g/mol. The van der Waals surface area contributed by atoms with Gasteiger partial charge in [0, 0.05) is 4.90 Å². The van der Waals surface area contributed by atoms with E-state index in [2.05, 4.69) is 0 Å². The Kier molecular flexibility index (Phi) is 3.71. The van der Waals surface area contributed by atoms with E-state index in [4.69, 9.17) is 0 Å². The molecule has 0 saturated carbocycles. The Balaban J connectivity index is 3.53. The van der Waals surface area contributed by atoms with Crippen LogP contribution in [-0.4, -0.2) is 6.26 Å². The molecule has 0 saturated heterocycles. The molecule has 0 unspecified atom stereocenters. The molecule has 0 aliphatic carbocycles. The number of hydrogen-bond donors (Lipinski definition) is 0. The van der Waals surface area contributed by atoms with Crippen LogP contribution in [0.5, 0.6) is 0 Å². The quantitative estimate of drug-likeness (QED) is 0.526. The highest BCUT2D eigenvalue weighted by atomic mass is 32.2. The number of halogens is 6. The SMILES string of the molecule is CSc1cc(C(F)(F)F)c(C)c(C(F)(F)F)c1. The maximum atomic E-state index is 12.6. The van der Waals surface area contributed by atoms with Gasteiger partial charge in [-0.15, -0.1) is 11.8 Å². The summed E-state index contributed by atoms with van der Waals surface area (Å²) in [6.07, 6.45) is -8.14. The van der Waals surface area contributed by atoms with E-state index in [1.165, 1.54) is 6.26 Å². The molecule has 96 valence electrons. The highest BCUT2D eigenvalue weighted by molar-refractivity contribution is 7.98. The normalized spacial score (nSPS) is 12.9. The van der Waals surface area contributed by atoms with Crippen molar-refractivity contribution in [2.45, 2.75) is 24.2 Å². The molecule has 0 spiro atoms. The van der Waals surface area contributed by atoms with E-state index >= 15 is 0 Å². The molecule has 0 aromatic heterocycles. The van der Waals surface area contributed by atoms with Crippen molar-refractivity contribution in [3.8, 4) is 0 Å². The van der Waals surface area contributed by atoms with Crippen molar-refractivity contribution >= 4 is 11.8 Å². The summed E-state index contributed by atoms with van der Waals surface area (Å²) < 4.78 is 75.3. The molecule has 0 aliphatic rings. The van der Waals surface area contributed by atoms with Crippen LogP contribution in [0.1, 0.15) is 16.7 Å². The number of benzene rings is 1. The van der Waals surface area contributed by atoms with Gasteiger partial charge in [-0.25, -0.2) is 0 Å². The van der Waals surface area contributed by atoms with Crippen molar-refractivity contribution in [2.75, 3.05) is 6.26 Å². The van der Waals surface area contributed by atoms with Crippen LogP contribution in [0.3, 0.4) is 0 Å². The molecule has 1 aromatic carbocycles. The first kappa shape index (κ1) is 14.2. The zero-order chi connectivity index (χ0) is 13.4. The zero-order valence-corrected chi connectivity index (χ0v) is 9.65. The van der Waals surface area contributed by atoms with Crippen LogP contribution in [0.15, 0.2) is 17.0 Å². The third kappa shape index (κ3) is 3.08. The highest BCUT2D eigenvalue weighted by Gasteiger charge is 2.39. The standard InChI is InChI=1S/C10H8F6S/c1-5-7(9(11,12)13)3-6(17-2)4-8(5)10(14,15)16/h3-4H,1-2H3. The van der Waals surface area contributed by atoms with Crippen LogP contribution in [0.2, 0.25) is 0 Å². The second-order valence-corrected chi connectivity index (χ2v) is 4.22. The molecule has 0 nitrogen and oxygen atoms in total. The van der Waals surface area contributed by atoms with Crippen LogP contribution in [0, 0.1) is 6.92 Å². The Bertz CT molecular complexity index is 383. The summed E-state index contributed by atoms with van der Waals surface area (Å²) >= 11 is 0.838. The summed E-state index contributed by atoms with van der Waals surface area (Å²) in [5.41, 5.74) is -3.27. The lowest BCUT2D eigenvalue weighted by Gasteiger charge is -2.17. The Hall–Kier alpha value is -0.850. The van der Waals surface area contributed by atoms with Crippen LogP contribution >= 0.6 is 11.8 Å². The molecule has 0 aliphatic heterocycles. The van der Waals surface area contributed by atoms with E-state index in [1.54, 1.807) is 0 Å². The van der Waals surface area contributed by atoms with Gasteiger partial charge in [0.2, 0.25) is 0 Å². The summed E-state index contributed by atoms with van der Waals surface area (Å²) in [5, 5.41) is 0. The van der Waals surface area contributed by atoms with Crippen molar-refractivity contribution in [1.29, 1.82) is 0 Å². The van der Waals surface area contributed by atoms with E-state index in [0.29, 0.717) is 0 Å². The van der Waals surface area contributed by atoms with Gasteiger partial charge in [-0.1, -0.05) is 0 Å². The second-order valence-electron chi connectivity index (χ2n) is 3.34. The van der Waals surface area contributed by atoms with E-state index in [9.17, 15) is 26.3 Å². The van der Waals surface area contributed by atoms with Gasteiger partial charge >= 0.3 is 12.4 Å². The van der Waals surface area contributed by atoms with Crippen LogP contribution in [-0.2, 0) is 12.4 Å². The van der Waals surface area contributed by atoms with Gasteiger partial charge in [-0.2, -0.15) is 26.3 Å². The first-order valence-electron chi connectivity index (χ1n) is 4.40. The second kappa shape index (κ2) is 4.44. The number of hydrogen-bond acceptors (Lipinski definition) is 1. The third-order valence-corrected chi connectivity index (χ3v) is 2.93. The predicted molar refractivity (Wildman–Crippen MR) is 53.0 cm³/mol. The minimum atomic E-state index is -4.78. The van der Waals surface area contributed by atoms with Crippen LogP contribution in [0.25, 0.3) is 0 Å². The Morgan fingerprint density at radius 2 is 1.24 bits per heavy atom. The van der Waals surface area contributed by atoms with Gasteiger partial charge in [0.25, 0.3) is 0 Å². The summed E-state index contributed by atoms with van der Waals surface area (Å²) in [6, 6.07) is 1.46. The summed E-state index contributed by atoms with van der Waals surface area (Å²) in [5.74, 6) is 0. The smallest absolute Gasteiger partial charge is 0.166 e. The monoisotopic (exact) mass is 274 g/mol. The number of rotatable bonds is 1. The summed E-state index contributed by atoms with van der Waals surface area (Å²) in [7, 11) is 0. The Labute approximate surface area is 98.0 Å². The zero-order valence-electron chi connectivity index (χ0n) is 8.83. The molecule has 7 heteroatoms. The molecular weight excluding hydrogens is 266 g/mol. The van der Waals surface area contributed by atoms with E-state index in [0.717, 1.165) is 30.8 Å². The van der Waals surface area contributed by atoms with Gasteiger partial charge in [-0.05, 0) is 30.9 Å². The summed E-state index contributed by atoms with van der Waals surface area (Å²) in [4.78, 5) is -0.0600. The predicted octanol–water partition coefficient (Wildman–Crippen LogP) is 4.75. The fourth-order valence-corrected chi connectivity index (χ4v) is 1.87. The molecule has 1 rings (SSSR count). The van der Waals surface area contributed by atoms with Gasteiger partial charge < -0.3 is 0 Å². The molecule has 0 amide bonds. The first-order valence-corrected chi connectivity index (χ1v) is 5.63. The molecule has 17 heavy (non-hydrogen) atoms. The fourth-order valence-electron chi connectivity index (χ4n) is 1.39. The Morgan fingerprint density at radius 3 is 1.47 bits per heavy atom. The highest BCUT2D eigenvalue weighted by Crippen LogP contribution is 2.41. The molecule has 0 atom stereocenters. The molecular formula is C10H8F6S. The van der Waals surface area contributed by atoms with Crippen molar-refractivity contribution in [3.63, 3.8) is 0 Å². The van der Waals surface area contributed by atoms with Crippen LogP contribution in [0.4, 0.5) is 26.3 Å². The van der Waals surface area contributed by atoms with Gasteiger partial charge in [-0.3, -0.25) is 0 Å². The Morgan fingerprint density at radius 1 is 0.882 bits per heavy atom. The molecule has 0 radical (unpaired) electrons. The lowest BCUT2D eigenvalue weighted by atomic mass is 10.0. The van der Waals surface area contributed by atoms with Crippen molar-refractivity contribution in [3.05, 3.63) is 28.8 Å². The molecule has 0 N–H and O–H groups in total. The average Bonchev–Trinajstić information content (AvgIpc) is 2.14. The first-order chi connectivity index (χ1) is 7.57. The maximum Gasteiger partial charge on any atom is 0.416 e. The van der Waals surface area contributed by atoms with Gasteiger partial charge in [0.05, 0.1) is 11.1 Å². The largest absolute Gasteiger partial charge is 0.416 e. The molecule has 0 fully saturated rings. The molecule has 0 bridgehead atoms. The van der Waals surface area contributed by atoms with Gasteiger partial charge in [0.15, 0.2) is 0 Å². The third-order valence-electron chi connectivity index (χ3n) is 2.23.